The van der Waals surface area contributed by atoms with Crippen LogP contribution in [0.2, 0.25) is 0 Å². The molecule has 3 unspecified atom stereocenters. The molecule has 2 N–H and O–H groups in total. The van der Waals surface area contributed by atoms with Gasteiger partial charge in [-0.25, -0.2) is 0 Å². The first-order valence-electron chi connectivity index (χ1n) is 7.17. The van der Waals surface area contributed by atoms with E-state index in [1.165, 1.54) is 17.5 Å². The van der Waals surface area contributed by atoms with Crippen LogP contribution < -0.4 is 5.73 Å². The monoisotopic (exact) mass is 262 g/mol. The Hall–Kier alpha value is -0.900. The fraction of sp³-hybridized carbons (Fsp3) is 0.625. The summed E-state index contributed by atoms with van der Waals surface area (Å²) < 4.78 is 5.25. The number of aryl methyl sites for hydroxylation is 1. The molecule has 2 rings (SSSR count). The van der Waals surface area contributed by atoms with E-state index >= 15 is 0 Å². The lowest BCUT2D eigenvalue weighted by atomic mass is 9.99. The Labute approximate surface area is 116 Å². The molecule has 0 saturated carbocycles. The van der Waals surface area contributed by atoms with E-state index in [1.807, 2.05) is 0 Å². The first kappa shape index (κ1) is 14.5. The number of nitrogens with two attached hydrogens (primary N) is 1. The van der Waals surface area contributed by atoms with Crippen molar-refractivity contribution in [2.45, 2.75) is 32.4 Å². The van der Waals surface area contributed by atoms with E-state index in [0.717, 1.165) is 19.7 Å². The van der Waals surface area contributed by atoms with Crippen LogP contribution in [0.25, 0.3) is 0 Å². The highest BCUT2D eigenvalue weighted by Gasteiger charge is 2.29. The van der Waals surface area contributed by atoms with Gasteiger partial charge in [-0.1, -0.05) is 29.8 Å². The zero-order valence-electron chi connectivity index (χ0n) is 12.3. The van der Waals surface area contributed by atoms with E-state index in [1.54, 1.807) is 7.11 Å². The van der Waals surface area contributed by atoms with Crippen LogP contribution in [-0.2, 0) is 4.74 Å². The minimum Gasteiger partial charge on any atom is -0.384 e. The zero-order valence-corrected chi connectivity index (χ0v) is 12.3. The van der Waals surface area contributed by atoms with Gasteiger partial charge < -0.3 is 10.5 Å². The predicted octanol–water partition coefficient (Wildman–Crippen LogP) is 2.35. The van der Waals surface area contributed by atoms with Gasteiger partial charge in [-0.15, -0.1) is 0 Å². The Bertz CT molecular complexity index is 390. The van der Waals surface area contributed by atoms with Gasteiger partial charge in [0.25, 0.3) is 0 Å². The topological polar surface area (TPSA) is 38.5 Å². The average Bonchev–Trinajstić information content (AvgIpc) is 2.87. The van der Waals surface area contributed by atoms with Crippen molar-refractivity contribution in [1.29, 1.82) is 0 Å². The third-order valence-corrected chi connectivity index (χ3v) is 4.28. The molecule has 0 aromatic heterocycles. The first-order chi connectivity index (χ1) is 9.11. The highest BCUT2D eigenvalue weighted by molar-refractivity contribution is 5.24. The Kier molecular flexibility index (Phi) is 4.97. The minimum absolute atomic E-state index is 0.0851. The van der Waals surface area contributed by atoms with E-state index in [0.29, 0.717) is 12.0 Å². The molecule has 1 aliphatic heterocycles. The Morgan fingerprint density at radius 2 is 2.05 bits per heavy atom. The van der Waals surface area contributed by atoms with Crippen LogP contribution in [0, 0.1) is 12.8 Å². The molecule has 0 bridgehead atoms. The quantitative estimate of drug-likeness (QED) is 0.885. The molecule has 3 heteroatoms. The van der Waals surface area contributed by atoms with Crippen molar-refractivity contribution in [2.75, 3.05) is 26.8 Å². The summed E-state index contributed by atoms with van der Waals surface area (Å²) in [6.45, 7) is 7.45. The van der Waals surface area contributed by atoms with Crippen molar-refractivity contribution in [3.63, 3.8) is 0 Å². The number of likely N-dealkylation sites (tertiary alicyclic amines) is 1. The molecule has 1 aromatic rings. The van der Waals surface area contributed by atoms with Gasteiger partial charge in [0.15, 0.2) is 0 Å². The molecule has 0 spiro atoms. The number of hydrogen-bond acceptors (Lipinski definition) is 3. The highest BCUT2D eigenvalue weighted by atomic mass is 16.5. The van der Waals surface area contributed by atoms with Gasteiger partial charge in [-0.05, 0) is 38.3 Å². The lowest BCUT2D eigenvalue weighted by Gasteiger charge is -2.30. The van der Waals surface area contributed by atoms with Gasteiger partial charge in [0.1, 0.15) is 0 Å². The van der Waals surface area contributed by atoms with E-state index in [-0.39, 0.29) is 6.04 Å². The summed E-state index contributed by atoms with van der Waals surface area (Å²) >= 11 is 0. The molecule has 19 heavy (non-hydrogen) atoms. The maximum Gasteiger partial charge on any atom is 0.0503 e. The molecule has 1 heterocycles. The lowest BCUT2D eigenvalue weighted by molar-refractivity contribution is 0.145. The van der Waals surface area contributed by atoms with Gasteiger partial charge in [-0.3, -0.25) is 4.90 Å². The van der Waals surface area contributed by atoms with Crippen molar-refractivity contribution in [2.24, 2.45) is 11.7 Å². The van der Waals surface area contributed by atoms with Crippen molar-refractivity contribution in [1.82, 2.24) is 4.90 Å². The lowest BCUT2D eigenvalue weighted by Crippen LogP contribution is -2.39. The van der Waals surface area contributed by atoms with Crippen molar-refractivity contribution in [3.05, 3.63) is 35.4 Å². The number of hydrogen-bond donors (Lipinski definition) is 1. The van der Waals surface area contributed by atoms with Crippen molar-refractivity contribution >= 4 is 0 Å². The van der Waals surface area contributed by atoms with Crippen LogP contribution in [-0.4, -0.2) is 37.7 Å². The summed E-state index contributed by atoms with van der Waals surface area (Å²) in [6, 6.07) is 9.05. The summed E-state index contributed by atoms with van der Waals surface area (Å²) in [5.41, 5.74) is 8.93. The number of benzene rings is 1. The predicted molar refractivity (Wildman–Crippen MR) is 79.1 cm³/mol. The normalized spacial score (nSPS) is 23.5. The fourth-order valence-electron chi connectivity index (χ4n) is 2.90. The number of rotatable bonds is 5. The van der Waals surface area contributed by atoms with Gasteiger partial charge in [0, 0.05) is 25.7 Å². The van der Waals surface area contributed by atoms with E-state index in [9.17, 15) is 0 Å². The van der Waals surface area contributed by atoms with Gasteiger partial charge in [-0.2, -0.15) is 0 Å². The number of methoxy groups -OCH3 is 1. The first-order valence-corrected chi connectivity index (χ1v) is 7.17. The second-order valence-corrected chi connectivity index (χ2v) is 5.78. The molecule has 1 aliphatic rings. The molecular formula is C16H26N2O. The highest BCUT2D eigenvalue weighted by Crippen LogP contribution is 2.25. The van der Waals surface area contributed by atoms with Crippen LogP contribution in [0.5, 0.6) is 0 Å². The molecule has 1 fully saturated rings. The van der Waals surface area contributed by atoms with Crippen LogP contribution in [0.4, 0.5) is 0 Å². The largest absolute Gasteiger partial charge is 0.384 e. The number of ether oxygens (including phenoxy) is 1. The Balaban J connectivity index is 1.96. The van der Waals surface area contributed by atoms with Crippen molar-refractivity contribution in [3.8, 4) is 0 Å². The third kappa shape index (κ3) is 3.56. The molecule has 106 valence electrons. The summed E-state index contributed by atoms with van der Waals surface area (Å²) in [5, 5.41) is 0. The third-order valence-electron chi connectivity index (χ3n) is 4.28. The molecule has 1 aromatic carbocycles. The molecular weight excluding hydrogens is 236 g/mol. The smallest absolute Gasteiger partial charge is 0.0503 e. The zero-order chi connectivity index (χ0) is 13.8. The minimum atomic E-state index is 0.0851. The SMILES string of the molecule is COCC1CCN(C(C)C(N)c2ccc(C)cc2)C1. The number of nitrogens with zero attached hydrogens (tertiary/aromatic N) is 1. The van der Waals surface area contributed by atoms with Gasteiger partial charge >= 0.3 is 0 Å². The fourth-order valence-corrected chi connectivity index (χ4v) is 2.90. The molecule has 0 amide bonds. The summed E-state index contributed by atoms with van der Waals surface area (Å²) in [4.78, 5) is 2.49. The van der Waals surface area contributed by atoms with Crippen LogP contribution in [0.3, 0.4) is 0 Å². The molecule has 0 radical (unpaired) electrons. The maximum atomic E-state index is 6.41. The summed E-state index contributed by atoms with van der Waals surface area (Å²) in [5.74, 6) is 0.665. The average molecular weight is 262 g/mol. The van der Waals surface area contributed by atoms with Gasteiger partial charge in [0.05, 0.1) is 6.61 Å². The summed E-state index contributed by atoms with van der Waals surface area (Å²) in [7, 11) is 1.78. The maximum absolute atomic E-state index is 6.41. The van der Waals surface area contributed by atoms with Crippen LogP contribution >= 0.6 is 0 Å². The van der Waals surface area contributed by atoms with Crippen LogP contribution in [0.1, 0.15) is 30.5 Å². The standard InChI is InChI=1S/C16H26N2O/c1-12-4-6-15(7-5-12)16(17)13(2)18-9-8-14(10-18)11-19-3/h4-7,13-14,16H,8-11,17H2,1-3H3. The summed E-state index contributed by atoms with van der Waals surface area (Å²) in [6.07, 6.45) is 1.22. The molecule has 1 saturated heterocycles. The van der Waals surface area contributed by atoms with Crippen LogP contribution in [0.15, 0.2) is 24.3 Å². The molecule has 3 atom stereocenters. The van der Waals surface area contributed by atoms with E-state index in [4.69, 9.17) is 10.5 Å². The Morgan fingerprint density at radius 3 is 2.68 bits per heavy atom. The second kappa shape index (κ2) is 6.51. The van der Waals surface area contributed by atoms with Gasteiger partial charge in [0.2, 0.25) is 0 Å². The van der Waals surface area contributed by atoms with Crippen molar-refractivity contribution < 1.29 is 4.74 Å². The Morgan fingerprint density at radius 1 is 1.37 bits per heavy atom. The molecule has 3 nitrogen and oxygen atoms in total. The second-order valence-electron chi connectivity index (χ2n) is 5.78. The van der Waals surface area contributed by atoms with E-state index < -0.39 is 0 Å². The molecule has 0 aliphatic carbocycles. The van der Waals surface area contributed by atoms with E-state index in [2.05, 4.69) is 43.0 Å².